The van der Waals surface area contributed by atoms with E-state index in [0.29, 0.717) is 11.7 Å². The zero-order chi connectivity index (χ0) is 11.1. The number of rotatable bonds is 7. The molecule has 0 amide bonds. The maximum absolute atomic E-state index is 11.5. The molecule has 1 rings (SSSR count). The zero-order valence-electron chi connectivity index (χ0n) is 10.3. The molecule has 2 nitrogen and oxygen atoms in total. The summed E-state index contributed by atoms with van der Waals surface area (Å²) in [5.41, 5.74) is 0. The van der Waals surface area contributed by atoms with Gasteiger partial charge in [-0.3, -0.25) is 4.79 Å². The molecule has 0 bridgehead atoms. The molecule has 0 aromatic heterocycles. The molecular weight excluding hydrogens is 186 g/mol. The Kier molecular flexibility index (Phi) is 5.92. The third-order valence-electron chi connectivity index (χ3n) is 3.30. The highest BCUT2D eigenvalue weighted by molar-refractivity contribution is 5.82. The Morgan fingerprint density at radius 2 is 1.87 bits per heavy atom. The molecule has 0 aliphatic heterocycles. The molecule has 1 atom stereocenters. The molecule has 0 spiro atoms. The van der Waals surface area contributed by atoms with Crippen LogP contribution >= 0.6 is 0 Å². The van der Waals surface area contributed by atoms with E-state index < -0.39 is 0 Å². The monoisotopic (exact) mass is 211 g/mol. The number of ketones is 1. The van der Waals surface area contributed by atoms with Gasteiger partial charge in [-0.05, 0) is 51.7 Å². The molecular formula is C13H25NO. The molecule has 88 valence electrons. The quantitative estimate of drug-likeness (QED) is 0.645. The molecule has 1 saturated carbocycles. The van der Waals surface area contributed by atoms with E-state index in [9.17, 15) is 4.79 Å². The second-order valence-corrected chi connectivity index (χ2v) is 4.69. The zero-order valence-corrected chi connectivity index (χ0v) is 10.3. The van der Waals surface area contributed by atoms with Gasteiger partial charge in [0.15, 0.2) is 0 Å². The Hall–Kier alpha value is -0.370. The van der Waals surface area contributed by atoms with Crippen LogP contribution in [0.3, 0.4) is 0 Å². The molecule has 0 N–H and O–H groups in total. The molecule has 0 aromatic rings. The van der Waals surface area contributed by atoms with Crippen LogP contribution in [0.15, 0.2) is 0 Å². The van der Waals surface area contributed by atoms with Crippen molar-refractivity contribution in [2.45, 2.75) is 52.4 Å². The second-order valence-electron chi connectivity index (χ2n) is 4.69. The van der Waals surface area contributed by atoms with Crippen molar-refractivity contribution in [3.63, 3.8) is 0 Å². The van der Waals surface area contributed by atoms with Crippen LogP contribution in [0, 0.1) is 5.92 Å². The van der Waals surface area contributed by atoms with Gasteiger partial charge in [0.2, 0.25) is 0 Å². The molecule has 0 aromatic carbocycles. The van der Waals surface area contributed by atoms with Crippen LogP contribution in [0.25, 0.3) is 0 Å². The lowest BCUT2D eigenvalue weighted by Gasteiger charge is -2.22. The average Bonchev–Trinajstić information content (AvgIpc) is 2.61. The van der Waals surface area contributed by atoms with Crippen molar-refractivity contribution in [3.8, 4) is 0 Å². The fraction of sp³-hybridized carbons (Fsp3) is 0.923. The van der Waals surface area contributed by atoms with Crippen molar-refractivity contribution in [1.29, 1.82) is 0 Å². The number of carbonyl (C=O) groups is 1. The number of carbonyl (C=O) groups excluding carboxylic acids is 1. The van der Waals surface area contributed by atoms with Crippen molar-refractivity contribution >= 4 is 5.78 Å². The smallest absolute Gasteiger partial charge is 0.136 e. The van der Waals surface area contributed by atoms with Gasteiger partial charge >= 0.3 is 0 Å². The van der Waals surface area contributed by atoms with Crippen molar-refractivity contribution in [2.75, 3.05) is 19.6 Å². The van der Waals surface area contributed by atoms with E-state index in [1.807, 2.05) is 0 Å². The van der Waals surface area contributed by atoms with Crippen LogP contribution in [-0.2, 0) is 4.79 Å². The van der Waals surface area contributed by atoms with Crippen LogP contribution in [0.2, 0.25) is 0 Å². The lowest BCUT2D eigenvalue weighted by Crippen LogP contribution is -2.28. The lowest BCUT2D eigenvalue weighted by molar-refractivity contribution is -0.120. The topological polar surface area (TPSA) is 20.3 Å². The summed E-state index contributed by atoms with van der Waals surface area (Å²) in [5, 5.41) is 0. The first kappa shape index (κ1) is 12.7. The van der Waals surface area contributed by atoms with Crippen LogP contribution in [0.4, 0.5) is 0 Å². The van der Waals surface area contributed by atoms with Crippen LogP contribution in [0.1, 0.15) is 52.4 Å². The fourth-order valence-corrected chi connectivity index (χ4v) is 2.50. The predicted octanol–water partition coefficient (Wildman–Crippen LogP) is 2.87. The Balaban J connectivity index is 2.22. The van der Waals surface area contributed by atoms with Gasteiger partial charge in [-0.1, -0.05) is 13.8 Å². The third kappa shape index (κ3) is 4.33. The Morgan fingerprint density at radius 1 is 1.20 bits per heavy atom. The Labute approximate surface area is 94.0 Å². The lowest BCUT2D eigenvalue weighted by atomic mass is 10.0. The maximum Gasteiger partial charge on any atom is 0.136 e. The highest BCUT2D eigenvalue weighted by Gasteiger charge is 2.24. The molecule has 0 saturated heterocycles. The third-order valence-corrected chi connectivity index (χ3v) is 3.30. The molecule has 1 aliphatic carbocycles. The SMILES string of the molecule is CCCN(CCC)CCC1CCCC1=O. The van der Waals surface area contributed by atoms with Gasteiger partial charge in [0.25, 0.3) is 0 Å². The number of Topliss-reactive ketones (excluding diaryl/α,β-unsaturated/α-hetero) is 1. The van der Waals surface area contributed by atoms with Gasteiger partial charge in [-0.25, -0.2) is 0 Å². The first-order valence-electron chi connectivity index (χ1n) is 6.53. The summed E-state index contributed by atoms with van der Waals surface area (Å²) < 4.78 is 0. The van der Waals surface area contributed by atoms with E-state index in [1.54, 1.807) is 0 Å². The average molecular weight is 211 g/mol. The fourth-order valence-electron chi connectivity index (χ4n) is 2.50. The molecule has 1 fully saturated rings. The van der Waals surface area contributed by atoms with Gasteiger partial charge in [-0.2, -0.15) is 0 Å². The summed E-state index contributed by atoms with van der Waals surface area (Å²) in [6, 6.07) is 0. The van der Waals surface area contributed by atoms with E-state index in [1.165, 1.54) is 25.9 Å². The summed E-state index contributed by atoms with van der Waals surface area (Å²) in [5.74, 6) is 0.907. The van der Waals surface area contributed by atoms with Crippen molar-refractivity contribution in [1.82, 2.24) is 4.90 Å². The Bertz CT molecular complexity index is 185. The van der Waals surface area contributed by atoms with Crippen LogP contribution < -0.4 is 0 Å². The minimum atomic E-state index is 0.390. The van der Waals surface area contributed by atoms with Crippen LogP contribution in [0.5, 0.6) is 0 Å². The van der Waals surface area contributed by atoms with Gasteiger partial charge < -0.3 is 4.90 Å². The van der Waals surface area contributed by atoms with E-state index in [2.05, 4.69) is 18.7 Å². The predicted molar refractivity (Wildman–Crippen MR) is 64.0 cm³/mol. The maximum atomic E-state index is 11.5. The Morgan fingerprint density at radius 3 is 2.33 bits per heavy atom. The van der Waals surface area contributed by atoms with Crippen molar-refractivity contribution in [3.05, 3.63) is 0 Å². The summed E-state index contributed by atoms with van der Waals surface area (Å²) in [6.45, 7) is 7.95. The van der Waals surface area contributed by atoms with Crippen LogP contribution in [-0.4, -0.2) is 30.3 Å². The van der Waals surface area contributed by atoms with Crippen molar-refractivity contribution < 1.29 is 4.79 Å². The minimum Gasteiger partial charge on any atom is -0.303 e. The highest BCUT2D eigenvalue weighted by atomic mass is 16.1. The highest BCUT2D eigenvalue weighted by Crippen LogP contribution is 2.24. The molecule has 15 heavy (non-hydrogen) atoms. The first-order chi connectivity index (χ1) is 7.27. The summed E-state index contributed by atoms with van der Waals surface area (Å²) in [7, 11) is 0. The standard InChI is InChI=1S/C13H25NO/c1-3-9-14(10-4-2)11-8-12-6-5-7-13(12)15/h12H,3-11H2,1-2H3. The van der Waals surface area contributed by atoms with Crippen molar-refractivity contribution in [2.24, 2.45) is 5.92 Å². The summed E-state index contributed by atoms with van der Waals surface area (Å²) in [4.78, 5) is 14.0. The minimum absolute atomic E-state index is 0.390. The molecule has 1 aliphatic rings. The number of hydrogen-bond donors (Lipinski definition) is 0. The van der Waals surface area contributed by atoms with Gasteiger partial charge in [0.1, 0.15) is 5.78 Å². The normalized spacial score (nSPS) is 21.5. The van der Waals surface area contributed by atoms with Gasteiger partial charge in [0.05, 0.1) is 0 Å². The summed E-state index contributed by atoms with van der Waals surface area (Å²) in [6.07, 6.45) is 6.65. The largest absolute Gasteiger partial charge is 0.303 e. The summed E-state index contributed by atoms with van der Waals surface area (Å²) >= 11 is 0. The first-order valence-corrected chi connectivity index (χ1v) is 6.53. The van der Waals surface area contributed by atoms with E-state index >= 15 is 0 Å². The van der Waals surface area contributed by atoms with E-state index in [-0.39, 0.29) is 0 Å². The van der Waals surface area contributed by atoms with Gasteiger partial charge in [-0.15, -0.1) is 0 Å². The van der Waals surface area contributed by atoms with E-state index in [0.717, 1.165) is 32.2 Å². The molecule has 0 radical (unpaired) electrons. The second kappa shape index (κ2) is 7.00. The molecule has 0 heterocycles. The van der Waals surface area contributed by atoms with E-state index in [4.69, 9.17) is 0 Å². The number of hydrogen-bond acceptors (Lipinski definition) is 2. The number of nitrogens with zero attached hydrogens (tertiary/aromatic N) is 1. The molecule has 1 unspecified atom stereocenters. The molecule has 2 heteroatoms. The van der Waals surface area contributed by atoms with Gasteiger partial charge in [0, 0.05) is 12.3 Å².